The lowest BCUT2D eigenvalue weighted by Gasteiger charge is -2.38. The molecule has 0 aromatic heterocycles. The first-order valence-corrected chi connectivity index (χ1v) is 6.41. The molecule has 2 heterocycles. The first-order valence-electron chi connectivity index (χ1n) is 6.41. The largest absolute Gasteiger partial charge is 0.389 e. The van der Waals surface area contributed by atoms with Crippen LogP contribution in [0.3, 0.4) is 0 Å². The van der Waals surface area contributed by atoms with Gasteiger partial charge in [-0.05, 0) is 18.3 Å². The number of amides is 2. The van der Waals surface area contributed by atoms with Gasteiger partial charge in [-0.25, -0.2) is 0 Å². The summed E-state index contributed by atoms with van der Waals surface area (Å²) < 4.78 is 36.2. The van der Waals surface area contributed by atoms with Crippen molar-refractivity contribution in [2.24, 2.45) is 5.41 Å². The van der Waals surface area contributed by atoms with E-state index >= 15 is 0 Å². The molecule has 2 rings (SSSR count). The minimum atomic E-state index is -4.28. The molecule has 0 saturated carbocycles. The molecule has 0 radical (unpaired) electrons. The van der Waals surface area contributed by atoms with Crippen LogP contribution in [0.15, 0.2) is 0 Å². The van der Waals surface area contributed by atoms with Gasteiger partial charge in [0.25, 0.3) is 0 Å². The van der Waals surface area contributed by atoms with Gasteiger partial charge >= 0.3 is 6.18 Å². The summed E-state index contributed by atoms with van der Waals surface area (Å²) in [5.41, 5.74) is -0.0854. The molecule has 0 aromatic rings. The summed E-state index contributed by atoms with van der Waals surface area (Å²) in [5, 5.41) is 2.78. The number of carbonyl (C=O) groups excluding carboxylic acids is 2. The van der Waals surface area contributed by atoms with Crippen LogP contribution in [0.25, 0.3) is 0 Å². The number of hydrogen-bond acceptors (Lipinski definition) is 2. The lowest BCUT2D eigenvalue weighted by atomic mass is 9.77. The van der Waals surface area contributed by atoms with Crippen LogP contribution in [-0.2, 0) is 9.59 Å². The number of hydrogen-bond donors (Lipinski definition) is 1. The van der Waals surface area contributed by atoms with Crippen molar-refractivity contribution in [2.75, 3.05) is 19.6 Å². The summed E-state index contributed by atoms with van der Waals surface area (Å²) in [6, 6.07) is 0. The Bertz CT molecular complexity index is 374. The first-order chi connectivity index (χ1) is 8.80. The van der Waals surface area contributed by atoms with E-state index in [1.165, 1.54) is 4.90 Å². The van der Waals surface area contributed by atoms with Crippen LogP contribution in [0, 0.1) is 5.41 Å². The number of carbonyl (C=O) groups is 2. The number of halogens is 3. The molecule has 108 valence electrons. The van der Waals surface area contributed by atoms with Crippen LogP contribution in [-0.4, -0.2) is 42.5 Å². The van der Waals surface area contributed by atoms with Crippen molar-refractivity contribution in [3.05, 3.63) is 0 Å². The molecule has 0 atom stereocenters. The monoisotopic (exact) mass is 278 g/mol. The van der Waals surface area contributed by atoms with Gasteiger partial charge in [-0.3, -0.25) is 9.59 Å². The van der Waals surface area contributed by atoms with Gasteiger partial charge in [0, 0.05) is 32.5 Å². The lowest BCUT2D eigenvalue weighted by molar-refractivity contribution is -0.150. The fourth-order valence-corrected chi connectivity index (χ4v) is 2.74. The minimum absolute atomic E-state index is 0.0249. The molecule has 1 N–H and O–H groups in total. The molecular weight excluding hydrogens is 261 g/mol. The molecular formula is C12H17F3N2O2. The van der Waals surface area contributed by atoms with Crippen LogP contribution >= 0.6 is 0 Å². The molecule has 2 saturated heterocycles. The molecule has 0 aliphatic carbocycles. The van der Waals surface area contributed by atoms with E-state index in [2.05, 4.69) is 5.32 Å². The number of likely N-dealkylation sites (tertiary alicyclic amines) is 1. The molecule has 2 aliphatic heterocycles. The van der Waals surface area contributed by atoms with Crippen molar-refractivity contribution >= 4 is 11.8 Å². The van der Waals surface area contributed by atoms with Crippen LogP contribution in [0.1, 0.15) is 32.1 Å². The van der Waals surface area contributed by atoms with E-state index in [1.54, 1.807) is 0 Å². The Balaban J connectivity index is 1.80. The van der Waals surface area contributed by atoms with Gasteiger partial charge in [0.1, 0.15) is 0 Å². The molecule has 4 nitrogen and oxygen atoms in total. The Morgan fingerprint density at radius 2 is 1.95 bits per heavy atom. The number of rotatable bonds is 2. The Hall–Kier alpha value is -1.27. The smallest absolute Gasteiger partial charge is 0.356 e. The Kier molecular flexibility index (Phi) is 3.73. The molecule has 0 aromatic carbocycles. The molecule has 1 spiro atoms. The average molecular weight is 278 g/mol. The normalized spacial score (nSPS) is 22.7. The first kappa shape index (κ1) is 14.1. The summed E-state index contributed by atoms with van der Waals surface area (Å²) >= 11 is 0. The molecule has 2 fully saturated rings. The maximum Gasteiger partial charge on any atom is 0.389 e. The third kappa shape index (κ3) is 3.61. The standard InChI is InChI=1S/C12H17F3N2O2/c13-12(14,15)2-1-10(19)17-5-3-11(4-6-17)7-9(18)16-8-11/h1-8H2,(H,16,18). The lowest BCUT2D eigenvalue weighted by Crippen LogP contribution is -2.44. The zero-order valence-corrected chi connectivity index (χ0v) is 10.6. The topological polar surface area (TPSA) is 49.4 Å². The molecule has 19 heavy (non-hydrogen) atoms. The summed E-state index contributed by atoms with van der Waals surface area (Å²) in [5.74, 6) is -0.415. The fraction of sp³-hybridized carbons (Fsp3) is 0.833. The van der Waals surface area contributed by atoms with Crippen molar-refractivity contribution in [3.8, 4) is 0 Å². The number of nitrogens with zero attached hydrogens (tertiary/aromatic N) is 1. The quantitative estimate of drug-likeness (QED) is 0.831. The molecule has 7 heteroatoms. The molecule has 2 aliphatic rings. The minimum Gasteiger partial charge on any atom is -0.356 e. The van der Waals surface area contributed by atoms with E-state index in [9.17, 15) is 22.8 Å². The summed E-state index contributed by atoms with van der Waals surface area (Å²) in [7, 11) is 0. The van der Waals surface area contributed by atoms with Crippen molar-refractivity contribution in [2.45, 2.75) is 38.3 Å². The second-order valence-corrected chi connectivity index (χ2v) is 5.45. The van der Waals surface area contributed by atoms with E-state index in [0.717, 1.165) is 0 Å². The van der Waals surface area contributed by atoms with Crippen LogP contribution < -0.4 is 5.32 Å². The van der Waals surface area contributed by atoms with Crippen LogP contribution in [0.2, 0.25) is 0 Å². The maximum atomic E-state index is 12.1. The van der Waals surface area contributed by atoms with Crippen LogP contribution in [0.4, 0.5) is 13.2 Å². The van der Waals surface area contributed by atoms with Crippen molar-refractivity contribution < 1.29 is 22.8 Å². The highest BCUT2D eigenvalue weighted by Crippen LogP contribution is 2.37. The van der Waals surface area contributed by atoms with E-state index in [1.807, 2.05) is 0 Å². The van der Waals surface area contributed by atoms with Gasteiger partial charge in [0.2, 0.25) is 11.8 Å². The van der Waals surface area contributed by atoms with Crippen LogP contribution in [0.5, 0.6) is 0 Å². The predicted molar refractivity (Wildman–Crippen MR) is 61.2 cm³/mol. The second-order valence-electron chi connectivity index (χ2n) is 5.45. The fourth-order valence-electron chi connectivity index (χ4n) is 2.74. The summed E-state index contributed by atoms with van der Waals surface area (Å²) in [6.07, 6.45) is -3.99. The van der Waals surface area contributed by atoms with E-state index < -0.39 is 24.9 Å². The zero-order chi connectivity index (χ0) is 14.1. The third-order valence-electron chi connectivity index (χ3n) is 4.00. The highest BCUT2D eigenvalue weighted by molar-refractivity contribution is 5.79. The highest BCUT2D eigenvalue weighted by atomic mass is 19.4. The van der Waals surface area contributed by atoms with Gasteiger partial charge in [-0.15, -0.1) is 0 Å². The number of alkyl halides is 3. The Morgan fingerprint density at radius 1 is 1.32 bits per heavy atom. The van der Waals surface area contributed by atoms with Crippen molar-refractivity contribution in [1.82, 2.24) is 10.2 Å². The van der Waals surface area contributed by atoms with Gasteiger partial charge in [-0.2, -0.15) is 13.2 Å². The summed E-state index contributed by atoms with van der Waals surface area (Å²) in [4.78, 5) is 24.4. The SMILES string of the molecule is O=C1CC2(CCN(C(=O)CCC(F)(F)F)CC2)CN1. The van der Waals surface area contributed by atoms with E-state index in [0.29, 0.717) is 38.9 Å². The predicted octanol–water partition coefficient (Wildman–Crippen LogP) is 1.46. The Labute approximate surface area is 109 Å². The zero-order valence-electron chi connectivity index (χ0n) is 10.6. The molecule has 0 unspecified atom stereocenters. The Morgan fingerprint density at radius 3 is 2.42 bits per heavy atom. The van der Waals surface area contributed by atoms with Crippen molar-refractivity contribution in [3.63, 3.8) is 0 Å². The second kappa shape index (κ2) is 5.02. The van der Waals surface area contributed by atoms with Gasteiger partial charge in [0.15, 0.2) is 0 Å². The highest BCUT2D eigenvalue weighted by Gasteiger charge is 2.41. The maximum absolute atomic E-state index is 12.1. The van der Waals surface area contributed by atoms with Gasteiger partial charge < -0.3 is 10.2 Å². The van der Waals surface area contributed by atoms with Gasteiger partial charge in [0.05, 0.1) is 6.42 Å². The number of piperidine rings is 1. The summed E-state index contributed by atoms with van der Waals surface area (Å²) in [6.45, 7) is 1.52. The van der Waals surface area contributed by atoms with Crippen molar-refractivity contribution in [1.29, 1.82) is 0 Å². The third-order valence-corrected chi connectivity index (χ3v) is 4.00. The van der Waals surface area contributed by atoms with Gasteiger partial charge in [-0.1, -0.05) is 0 Å². The molecule has 0 bridgehead atoms. The van der Waals surface area contributed by atoms with E-state index in [4.69, 9.17) is 0 Å². The van der Waals surface area contributed by atoms with E-state index in [-0.39, 0.29) is 11.3 Å². The average Bonchev–Trinajstić information content (AvgIpc) is 2.68. The molecule has 2 amide bonds. The number of nitrogens with one attached hydrogen (secondary N) is 1.